The highest BCUT2D eigenvalue weighted by molar-refractivity contribution is 6.30. The normalized spacial score (nSPS) is 20.4. The van der Waals surface area contributed by atoms with E-state index >= 15 is 0 Å². The molecule has 0 spiro atoms. The molecule has 1 atom stereocenters. The summed E-state index contributed by atoms with van der Waals surface area (Å²) in [5.41, 5.74) is 0.346. The monoisotopic (exact) mass is 338 g/mol. The molecule has 1 aromatic rings. The van der Waals surface area contributed by atoms with Gasteiger partial charge in [-0.25, -0.2) is 0 Å². The van der Waals surface area contributed by atoms with Crippen LogP contribution in [0.1, 0.15) is 32.8 Å². The van der Waals surface area contributed by atoms with Crippen LogP contribution in [0.5, 0.6) is 5.75 Å². The molecule has 1 aromatic carbocycles. The Labute approximate surface area is 141 Å². The molecule has 0 aliphatic carbocycles. The summed E-state index contributed by atoms with van der Waals surface area (Å²) in [7, 11) is 0. The maximum atomic E-state index is 12.5. The lowest BCUT2D eigenvalue weighted by atomic mass is 9.88. The minimum Gasteiger partial charge on any atom is -0.493 e. The number of ether oxygens (including phenoxy) is 1. The van der Waals surface area contributed by atoms with E-state index in [4.69, 9.17) is 16.3 Å². The van der Waals surface area contributed by atoms with E-state index in [1.807, 2.05) is 19.9 Å². The summed E-state index contributed by atoms with van der Waals surface area (Å²) < 4.78 is 5.56. The van der Waals surface area contributed by atoms with Crippen LogP contribution >= 0.6 is 11.6 Å². The smallest absolute Gasteiger partial charge is 0.228 e. The minimum atomic E-state index is -0.538. The molecule has 1 aliphatic rings. The maximum absolute atomic E-state index is 12.5. The molecule has 126 valence electrons. The standard InChI is InChI=1S/C17H23ClN2O3/c1-4-23-15-9-14(18)6-5-13(15)10-19-16(22)17(3)7-8-20(11-17)12(2)21/h5-6,9H,4,7-8,10-11H2,1-3H3,(H,19,22). The molecule has 5 nitrogen and oxygen atoms in total. The number of halogens is 1. The minimum absolute atomic E-state index is 0.0119. The van der Waals surface area contributed by atoms with Gasteiger partial charge in [0, 0.05) is 37.1 Å². The van der Waals surface area contributed by atoms with Crippen molar-refractivity contribution in [2.24, 2.45) is 5.41 Å². The molecule has 2 amide bonds. The number of carbonyl (C=O) groups excluding carboxylic acids is 2. The van der Waals surface area contributed by atoms with Gasteiger partial charge in [0.05, 0.1) is 12.0 Å². The number of hydrogen-bond acceptors (Lipinski definition) is 3. The predicted octanol–water partition coefficient (Wildman–Crippen LogP) is 2.61. The summed E-state index contributed by atoms with van der Waals surface area (Å²) in [5, 5.41) is 3.56. The molecule has 1 unspecified atom stereocenters. The van der Waals surface area contributed by atoms with Gasteiger partial charge in [-0.2, -0.15) is 0 Å². The van der Waals surface area contributed by atoms with E-state index in [0.29, 0.717) is 43.4 Å². The fourth-order valence-electron chi connectivity index (χ4n) is 2.77. The van der Waals surface area contributed by atoms with Crippen LogP contribution in [-0.4, -0.2) is 36.4 Å². The molecule has 1 N–H and O–H groups in total. The van der Waals surface area contributed by atoms with Crippen LogP contribution in [0.15, 0.2) is 18.2 Å². The van der Waals surface area contributed by atoms with Crippen molar-refractivity contribution < 1.29 is 14.3 Å². The van der Waals surface area contributed by atoms with Crippen molar-refractivity contribution in [3.05, 3.63) is 28.8 Å². The Morgan fingerprint density at radius 1 is 1.43 bits per heavy atom. The number of nitrogens with one attached hydrogen (secondary N) is 1. The third kappa shape index (κ3) is 4.16. The number of benzene rings is 1. The molecule has 1 fully saturated rings. The lowest BCUT2D eigenvalue weighted by Gasteiger charge is -2.23. The zero-order valence-corrected chi connectivity index (χ0v) is 14.6. The maximum Gasteiger partial charge on any atom is 0.228 e. The lowest BCUT2D eigenvalue weighted by Crippen LogP contribution is -2.41. The second-order valence-electron chi connectivity index (χ2n) is 6.12. The molecule has 0 aromatic heterocycles. The Morgan fingerprint density at radius 2 is 2.17 bits per heavy atom. The molecule has 0 radical (unpaired) electrons. The number of amides is 2. The van der Waals surface area contributed by atoms with Gasteiger partial charge in [0.2, 0.25) is 11.8 Å². The molecule has 0 saturated carbocycles. The van der Waals surface area contributed by atoms with Crippen molar-refractivity contribution in [2.75, 3.05) is 19.7 Å². The van der Waals surface area contributed by atoms with Gasteiger partial charge < -0.3 is 15.0 Å². The molecule has 23 heavy (non-hydrogen) atoms. The highest BCUT2D eigenvalue weighted by atomic mass is 35.5. The van der Waals surface area contributed by atoms with Gasteiger partial charge in [-0.05, 0) is 32.4 Å². The highest BCUT2D eigenvalue weighted by Gasteiger charge is 2.41. The molecule has 6 heteroatoms. The summed E-state index contributed by atoms with van der Waals surface area (Å²) in [6, 6.07) is 5.38. The van der Waals surface area contributed by atoms with Crippen LogP contribution in [0.25, 0.3) is 0 Å². The fraction of sp³-hybridized carbons (Fsp3) is 0.529. The number of carbonyl (C=O) groups is 2. The van der Waals surface area contributed by atoms with Crippen LogP contribution in [0.4, 0.5) is 0 Å². The van der Waals surface area contributed by atoms with Crippen LogP contribution in [0.2, 0.25) is 5.02 Å². The largest absolute Gasteiger partial charge is 0.493 e. The van der Waals surface area contributed by atoms with Crippen molar-refractivity contribution in [1.29, 1.82) is 0 Å². The average molecular weight is 339 g/mol. The number of rotatable bonds is 5. The average Bonchev–Trinajstić information content (AvgIpc) is 2.91. The zero-order chi connectivity index (χ0) is 17.0. The predicted molar refractivity (Wildman–Crippen MR) is 89.4 cm³/mol. The van der Waals surface area contributed by atoms with E-state index in [-0.39, 0.29) is 11.8 Å². The molecule has 1 heterocycles. The van der Waals surface area contributed by atoms with Crippen molar-refractivity contribution in [1.82, 2.24) is 10.2 Å². The van der Waals surface area contributed by atoms with Crippen LogP contribution < -0.4 is 10.1 Å². The second-order valence-corrected chi connectivity index (χ2v) is 6.56. The van der Waals surface area contributed by atoms with E-state index in [9.17, 15) is 9.59 Å². The number of likely N-dealkylation sites (tertiary alicyclic amines) is 1. The van der Waals surface area contributed by atoms with E-state index in [2.05, 4.69) is 5.32 Å². The Bertz CT molecular complexity index is 606. The summed E-state index contributed by atoms with van der Waals surface area (Å²) >= 11 is 5.98. The van der Waals surface area contributed by atoms with Gasteiger partial charge in [0.15, 0.2) is 0 Å². The summed E-state index contributed by atoms with van der Waals surface area (Å²) in [5.74, 6) is 0.652. The van der Waals surface area contributed by atoms with Crippen LogP contribution in [-0.2, 0) is 16.1 Å². The van der Waals surface area contributed by atoms with Crippen LogP contribution in [0.3, 0.4) is 0 Å². The Morgan fingerprint density at radius 3 is 2.78 bits per heavy atom. The lowest BCUT2D eigenvalue weighted by molar-refractivity contribution is -0.131. The van der Waals surface area contributed by atoms with E-state index in [0.717, 1.165) is 5.56 Å². The Hall–Kier alpha value is -1.75. The summed E-state index contributed by atoms with van der Waals surface area (Å²) in [4.78, 5) is 25.7. The molecule has 1 aliphatic heterocycles. The van der Waals surface area contributed by atoms with E-state index in [1.165, 1.54) is 6.92 Å². The molecular formula is C17H23ClN2O3. The second kappa shape index (κ2) is 7.21. The zero-order valence-electron chi connectivity index (χ0n) is 13.8. The first-order valence-corrected chi connectivity index (χ1v) is 8.18. The van der Waals surface area contributed by atoms with Crippen LogP contribution in [0, 0.1) is 5.41 Å². The first-order valence-electron chi connectivity index (χ1n) is 7.81. The van der Waals surface area contributed by atoms with E-state index < -0.39 is 5.41 Å². The summed E-state index contributed by atoms with van der Waals surface area (Å²) in [6.45, 7) is 7.34. The Kier molecular flexibility index (Phi) is 5.52. The summed E-state index contributed by atoms with van der Waals surface area (Å²) in [6.07, 6.45) is 0.678. The third-order valence-electron chi connectivity index (χ3n) is 4.24. The van der Waals surface area contributed by atoms with Crippen molar-refractivity contribution in [2.45, 2.75) is 33.7 Å². The van der Waals surface area contributed by atoms with Crippen molar-refractivity contribution in [3.63, 3.8) is 0 Å². The molecule has 0 bridgehead atoms. The third-order valence-corrected chi connectivity index (χ3v) is 4.47. The van der Waals surface area contributed by atoms with Gasteiger partial charge in [-0.15, -0.1) is 0 Å². The van der Waals surface area contributed by atoms with Crippen molar-refractivity contribution in [3.8, 4) is 5.75 Å². The molecular weight excluding hydrogens is 316 g/mol. The van der Waals surface area contributed by atoms with Gasteiger partial charge in [0.1, 0.15) is 5.75 Å². The topological polar surface area (TPSA) is 58.6 Å². The molecule has 1 saturated heterocycles. The Balaban J connectivity index is 2.01. The quantitative estimate of drug-likeness (QED) is 0.897. The fourth-order valence-corrected chi connectivity index (χ4v) is 2.93. The van der Waals surface area contributed by atoms with Gasteiger partial charge in [0.25, 0.3) is 0 Å². The van der Waals surface area contributed by atoms with Crippen molar-refractivity contribution >= 4 is 23.4 Å². The SMILES string of the molecule is CCOc1cc(Cl)ccc1CNC(=O)C1(C)CCN(C(C)=O)C1. The van der Waals surface area contributed by atoms with E-state index in [1.54, 1.807) is 17.0 Å². The first kappa shape index (κ1) is 17.6. The van der Waals surface area contributed by atoms with Gasteiger partial charge >= 0.3 is 0 Å². The first-order chi connectivity index (χ1) is 10.9. The highest BCUT2D eigenvalue weighted by Crippen LogP contribution is 2.30. The number of hydrogen-bond donors (Lipinski definition) is 1. The van der Waals surface area contributed by atoms with Gasteiger partial charge in [-0.3, -0.25) is 9.59 Å². The molecule has 2 rings (SSSR count). The van der Waals surface area contributed by atoms with Gasteiger partial charge in [-0.1, -0.05) is 17.7 Å². The number of nitrogens with zero attached hydrogens (tertiary/aromatic N) is 1.